The van der Waals surface area contributed by atoms with Crippen LogP contribution in [0.1, 0.15) is 24.0 Å². The average Bonchev–Trinajstić information content (AvgIpc) is 3.20. The largest absolute Gasteiger partial charge is 0.490 e. The lowest BCUT2D eigenvalue weighted by atomic mass is 10.1. The molecule has 2 aliphatic rings. The second-order valence-electron chi connectivity index (χ2n) is 7.38. The van der Waals surface area contributed by atoms with Crippen molar-refractivity contribution in [1.82, 2.24) is 14.6 Å². The Kier molecular flexibility index (Phi) is 4.22. The van der Waals surface area contributed by atoms with Crippen molar-refractivity contribution >= 4 is 11.5 Å². The molecule has 0 N–H and O–H groups in total. The van der Waals surface area contributed by atoms with Crippen molar-refractivity contribution in [3.63, 3.8) is 0 Å². The van der Waals surface area contributed by atoms with Gasteiger partial charge in [-0.25, -0.2) is 9.50 Å². The summed E-state index contributed by atoms with van der Waals surface area (Å²) in [4.78, 5) is 6.75. The highest BCUT2D eigenvalue weighted by Crippen LogP contribution is 2.34. The van der Waals surface area contributed by atoms with Crippen molar-refractivity contribution in [2.24, 2.45) is 0 Å². The molecule has 0 saturated carbocycles. The molecule has 1 fully saturated rings. The van der Waals surface area contributed by atoms with Crippen molar-refractivity contribution in [3.8, 4) is 17.2 Å². The van der Waals surface area contributed by atoms with Crippen LogP contribution < -0.4 is 19.1 Å². The van der Waals surface area contributed by atoms with E-state index >= 15 is 0 Å². The maximum Gasteiger partial charge on any atom is 0.165 e. The van der Waals surface area contributed by atoms with Crippen LogP contribution >= 0.6 is 0 Å². The van der Waals surface area contributed by atoms with Crippen molar-refractivity contribution in [2.75, 3.05) is 31.2 Å². The normalized spacial score (nSPS) is 17.1. The van der Waals surface area contributed by atoms with Gasteiger partial charge in [-0.3, -0.25) is 0 Å². The molecular weight excluding hydrogens is 356 g/mol. The first kappa shape index (κ1) is 17.2. The van der Waals surface area contributed by atoms with E-state index in [1.807, 2.05) is 28.9 Å². The highest BCUT2D eigenvalue weighted by atomic mass is 16.6. The molecule has 1 saturated heterocycles. The summed E-state index contributed by atoms with van der Waals surface area (Å²) in [7, 11) is 0. The molecule has 0 radical (unpaired) electrons. The summed E-state index contributed by atoms with van der Waals surface area (Å²) < 4.78 is 19.3. The zero-order valence-electron chi connectivity index (χ0n) is 16.2. The van der Waals surface area contributed by atoms with E-state index in [4.69, 9.17) is 19.3 Å². The molecule has 0 aliphatic carbocycles. The number of anilines is 1. The molecular formula is C21H24N4O3. The van der Waals surface area contributed by atoms with E-state index in [1.54, 1.807) is 6.20 Å². The van der Waals surface area contributed by atoms with Crippen LogP contribution in [0.2, 0.25) is 0 Å². The van der Waals surface area contributed by atoms with Gasteiger partial charge >= 0.3 is 0 Å². The minimum absolute atomic E-state index is 0.192. The SMILES string of the molecule is Cc1c(N2CCC(Oc3ccc4c(c3)OCCO4)CC2)nn2ccnc2c1C. The van der Waals surface area contributed by atoms with Crippen LogP contribution in [0.4, 0.5) is 5.82 Å². The Bertz CT molecular complexity index is 1010. The topological polar surface area (TPSA) is 61.1 Å². The second-order valence-corrected chi connectivity index (χ2v) is 7.38. The molecule has 4 heterocycles. The Labute approximate surface area is 163 Å². The van der Waals surface area contributed by atoms with E-state index < -0.39 is 0 Å². The number of ether oxygens (including phenoxy) is 3. The van der Waals surface area contributed by atoms with Crippen LogP contribution in [0.3, 0.4) is 0 Å². The van der Waals surface area contributed by atoms with Crippen LogP contribution in [0.25, 0.3) is 5.65 Å². The Balaban J connectivity index is 1.27. The van der Waals surface area contributed by atoms with E-state index in [2.05, 4.69) is 23.7 Å². The monoisotopic (exact) mass is 380 g/mol. The zero-order valence-corrected chi connectivity index (χ0v) is 16.2. The van der Waals surface area contributed by atoms with E-state index in [-0.39, 0.29) is 6.10 Å². The standard InChI is InChI=1S/C21H24N4O3/c1-14-15(2)21(23-25-10-7-22-20(14)25)24-8-5-16(6-9-24)28-17-3-4-18-19(13-17)27-12-11-26-18/h3-4,7,10,13,16H,5-6,8-9,11-12H2,1-2H3. The first-order valence-corrected chi connectivity index (χ1v) is 9.81. The molecule has 5 rings (SSSR count). The summed E-state index contributed by atoms with van der Waals surface area (Å²) in [5.41, 5.74) is 3.31. The van der Waals surface area contributed by atoms with Gasteiger partial charge in [0.15, 0.2) is 23.0 Å². The van der Waals surface area contributed by atoms with Crippen LogP contribution in [0.5, 0.6) is 17.2 Å². The number of nitrogens with zero attached hydrogens (tertiary/aromatic N) is 4. The van der Waals surface area contributed by atoms with Crippen LogP contribution in [0, 0.1) is 13.8 Å². The van der Waals surface area contributed by atoms with Gasteiger partial charge in [0.1, 0.15) is 25.1 Å². The molecule has 0 unspecified atom stereocenters. The number of hydrogen-bond donors (Lipinski definition) is 0. The molecule has 1 aromatic carbocycles. The number of hydrogen-bond acceptors (Lipinski definition) is 6. The second kappa shape index (κ2) is 6.89. The van der Waals surface area contributed by atoms with Gasteiger partial charge in [-0.1, -0.05) is 0 Å². The number of aryl methyl sites for hydroxylation is 1. The molecule has 146 valence electrons. The number of aromatic nitrogens is 3. The number of rotatable bonds is 3. The van der Waals surface area contributed by atoms with Crippen molar-refractivity contribution in [1.29, 1.82) is 0 Å². The van der Waals surface area contributed by atoms with Crippen LogP contribution in [-0.4, -0.2) is 47.0 Å². The first-order valence-electron chi connectivity index (χ1n) is 9.81. The van der Waals surface area contributed by atoms with E-state index in [1.165, 1.54) is 11.1 Å². The predicted molar refractivity (Wildman–Crippen MR) is 106 cm³/mol. The van der Waals surface area contributed by atoms with Crippen molar-refractivity contribution in [3.05, 3.63) is 41.7 Å². The lowest BCUT2D eigenvalue weighted by Crippen LogP contribution is -2.39. The minimum atomic E-state index is 0.192. The summed E-state index contributed by atoms with van der Waals surface area (Å²) in [6.07, 6.45) is 5.81. The number of fused-ring (bicyclic) bond motifs is 2. The predicted octanol–water partition coefficient (Wildman–Crippen LogP) is 3.17. The smallest absolute Gasteiger partial charge is 0.165 e. The Morgan fingerprint density at radius 1 is 1.04 bits per heavy atom. The van der Waals surface area contributed by atoms with Crippen LogP contribution in [-0.2, 0) is 0 Å². The third-order valence-corrected chi connectivity index (χ3v) is 5.62. The maximum atomic E-state index is 6.22. The summed E-state index contributed by atoms with van der Waals surface area (Å²) in [6, 6.07) is 5.82. The van der Waals surface area contributed by atoms with Gasteiger partial charge in [-0.05, 0) is 26.0 Å². The first-order chi connectivity index (χ1) is 13.7. The van der Waals surface area contributed by atoms with E-state index in [0.717, 1.165) is 54.6 Å². The van der Waals surface area contributed by atoms with Crippen molar-refractivity contribution in [2.45, 2.75) is 32.8 Å². The van der Waals surface area contributed by atoms with Gasteiger partial charge < -0.3 is 19.1 Å². The maximum absolute atomic E-state index is 6.22. The third kappa shape index (κ3) is 3.00. The average molecular weight is 380 g/mol. The summed E-state index contributed by atoms with van der Waals surface area (Å²) in [5.74, 6) is 3.44. The van der Waals surface area contributed by atoms with Gasteiger partial charge in [0.2, 0.25) is 0 Å². The molecule has 7 nitrogen and oxygen atoms in total. The molecule has 0 spiro atoms. The fourth-order valence-electron chi connectivity index (χ4n) is 3.93. The lowest BCUT2D eigenvalue weighted by Gasteiger charge is -2.34. The van der Waals surface area contributed by atoms with Gasteiger partial charge in [-0.2, -0.15) is 0 Å². The molecule has 28 heavy (non-hydrogen) atoms. The summed E-state index contributed by atoms with van der Waals surface area (Å²) >= 11 is 0. The lowest BCUT2D eigenvalue weighted by molar-refractivity contribution is 0.159. The molecule has 7 heteroatoms. The Morgan fingerprint density at radius 2 is 1.82 bits per heavy atom. The minimum Gasteiger partial charge on any atom is -0.490 e. The third-order valence-electron chi connectivity index (χ3n) is 5.62. The van der Waals surface area contributed by atoms with Gasteiger partial charge in [-0.15, -0.1) is 5.10 Å². The highest BCUT2D eigenvalue weighted by molar-refractivity contribution is 5.59. The zero-order chi connectivity index (χ0) is 19.1. The van der Waals surface area contributed by atoms with E-state index in [9.17, 15) is 0 Å². The summed E-state index contributed by atoms with van der Waals surface area (Å²) in [6.45, 7) is 7.27. The van der Waals surface area contributed by atoms with Gasteiger partial charge in [0, 0.05) is 55.5 Å². The molecule has 0 atom stereocenters. The fourth-order valence-corrected chi connectivity index (χ4v) is 3.93. The van der Waals surface area contributed by atoms with Crippen molar-refractivity contribution < 1.29 is 14.2 Å². The molecule has 2 aliphatic heterocycles. The number of imidazole rings is 1. The number of benzene rings is 1. The molecule has 3 aromatic rings. The number of piperidine rings is 1. The van der Waals surface area contributed by atoms with Gasteiger partial charge in [0.25, 0.3) is 0 Å². The van der Waals surface area contributed by atoms with Gasteiger partial charge in [0.05, 0.1) is 0 Å². The Morgan fingerprint density at radius 3 is 2.64 bits per heavy atom. The molecule has 0 bridgehead atoms. The Hall–Kier alpha value is -2.96. The molecule has 0 amide bonds. The van der Waals surface area contributed by atoms with Crippen LogP contribution in [0.15, 0.2) is 30.6 Å². The quantitative estimate of drug-likeness (QED) is 0.696. The fraction of sp³-hybridized carbons (Fsp3) is 0.429. The van der Waals surface area contributed by atoms with E-state index in [0.29, 0.717) is 13.2 Å². The molecule has 2 aromatic heterocycles. The highest BCUT2D eigenvalue weighted by Gasteiger charge is 2.24. The summed E-state index contributed by atoms with van der Waals surface area (Å²) in [5, 5.41) is 4.79.